The smallest absolute Gasteiger partial charge is 0.493 e. The van der Waals surface area contributed by atoms with E-state index in [0.29, 0.717) is 28.3 Å². The van der Waals surface area contributed by atoms with Gasteiger partial charge in [-0.15, -0.1) is 0 Å². The van der Waals surface area contributed by atoms with Gasteiger partial charge in [0.05, 0.1) is 11.5 Å². The summed E-state index contributed by atoms with van der Waals surface area (Å²) in [5.41, 5.74) is 11.3. The number of halogens is 4. The summed E-state index contributed by atoms with van der Waals surface area (Å²) in [5, 5.41) is 3.66. The monoisotopic (exact) mass is 610 g/mol. The number of nitrogens with two attached hydrogens (primary N) is 2. The van der Waals surface area contributed by atoms with Gasteiger partial charge in [-0.05, 0) is 66.4 Å². The normalized spacial score (nSPS) is 12.2. The maximum atomic E-state index is 13.1. The molecule has 40 heavy (non-hydrogen) atoms. The lowest BCUT2D eigenvalue weighted by Gasteiger charge is -2.18. The molecule has 0 aliphatic rings. The zero-order valence-electron chi connectivity index (χ0n) is 21.2. The molecule has 5 N–H and O–H groups in total. The molecule has 0 aliphatic heterocycles. The van der Waals surface area contributed by atoms with Crippen LogP contribution in [0.15, 0.2) is 46.4 Å². The number of nitrogens with zero attached hydrogens (tertiary/aromatic N) is 1. The van der Waals surface area contributed by atoms with E-state index in [4.69, 9.17) is 32.6 Å². The van der Waals surface area contributed by atoms with Crippen LogP contribution >= 0.6 is 11.6 Å². The van der Waals surface area contributed by atoms with Crippen molar-refractivity contribution in [1.82, 2.24) is 4.72 Å². The summed E-state index contributed by atoms with van der Waals surface area (Å²) >= 11 is 6.03. The molecule has 0 aromatic heterocycles. The first-order chi connectivity index (χ1) is 18.6. The van der Waals surface area contributed by atoms with Crippen LogP contribution in [0.1, 0.15) is 23.1 Å². The fraction of sp³-hybridized carbons (Fsp3) is 0.348. The van der Waals surface area contributed by atoms with Gasteiger partial charge in [0, 0.05) is 11.4 Å². The number of aryl methyl sites for hydroxylation is 2. The minimum Gasteiger partial charge on any atom is -0.493 e. The van der Waals surface area contributed by atoms with Crippen LogP contribution in [0.4, 0.5) is 13.2 Å². The van der Waals surface area contributed by atoms with Crippen molar-refractivity contribution >= 4 is 39.5 Å². The van der Waals surface area contributed by atoms with Crippen LogP contribution in [-0.2, 0) is 40.6 Å². The second-order valence-electron chi connectivity index (χ2n) is 8.21. The van der Waals surface area contributed by atoms with Crippen LogP contribution in [0.5, 0.6) is 5.75 Å². The van der Waals surface area contributed by atoms with Crippen molar-refractivity contribution in [3.8, 4) is 5.75 Å². The maximum absolute atomic E-state index is 13.1. The Balaban J connectivity index is 2.18. The molecule has 12 nitrogen and oxygen atoms in total. The van der Waals surface area contributed by atoms with Crippen LogP contribution < -0.4 is 20.9 Å². The first-order valence-electron chi connectivity index (χ1n) is 11.3. The standard InChI is InChI=1S/C23H26ClF3N4O8S/c1-13-11-19(14(2)10-17(13)24)40(34,35)31-18(20(32)38-39-21(33)23(25,26)27)12-15-4-6-16(7-5-15)36-8-3-9-37-30-22(28)29/h4-7,10-11,18,31H,3,8-9,12H2,1-2H3,(H4,28,29,30)/t18-/m0/s1. The van der Waals surface area contributed by atoms with Gasteiger partial charge in [-0.3, -0.25) is 0 Å². The highest BCUT2D eigenvalue weighted by Gasteiger charge is 2.43. The van der Waals surface area contributed by atoms with E-state index in [-0.39, 0.29) is 36.1 Å². The van der Waals surface area contributed by atoms with E-state index in [9.17, 15) is 31.2 Å². The number of nitrogens with one attached hydrogen (secondary N) is 1. The molecule has 1 atom stereocenters. The molecule has 0 heterocycles. The summed E-state index contributed by atoms with van der Waals surface area (Å²) in [6.07, 6.45) is -5.39. The lowest BCUT2D eigenvalue weighted by Crippen LogP contribution is -2.44. The molecule has 220 valence electrons. The summed E-state index contributed by atoms with van der Waals surface area (Å²) in [6.45, 7) is 3.44. The highest BCUT2D eigenvalue weighted by Crippen LogP contribution is 2.25. The van der Waals surface area contributed by atoms with Crippen molar-refractivity contribution in [2.45, 2.75) is 43.8 Å². The van der Waals surface area contributed by atoms with Crippen LogP contribution in [0.3, 0.4) is 0 Å². The number of hydrogen-bond acceptors (Lipinski definition) is 9. The van der Waals surface area contributed by atoms with E-state index in [0.717, 1.165) is 0 Å². The predicted octanol–water partition coefficient (Wildman–Crippen LogP) is 2.38. The van der Waals surface area contributed by atoms with Crippen molar-refractivity contribution in [2.75, 3.05) is 13.2 Å². The van der Waals surface area contributed by atoms with Crippen LogP contribution in [-0.4, -0.2) is 51.7 Å². The Morgan fingerprint density at radius 1 is 1.05 bits per heavy atom. The van der Waals surface area contributed by atoms with Gasteiger partial charge in [0.2, 0.25) is 16.0 Å². The van der Waals surface area contributed by atoms with Gasteiger partial charge in [-0.2, -0.15) is 17.9 Å². The molecule has 0 radical (unpaired) electrons. The van der Waals surface area contributed by atoms with Crippen molar-refractivity contribution in [1.29, 1.82) is 0 Å². The molecule has 0 aliphatic carbocycles. The Labute approximate surface area is 232 Å². The third-order valence-electron chi connectivity index (χ3n) is 4.94. The fourth-order valence-electron chi connectivity index (χ4n) is 3.04. The average Bonchev–Trinajstić information content (AvgIpc) is 2.86. The second kappa shape index (κ2) is 14.0. The molecule has 2 aromatic rings. The molecule has 0 saturated carbocycles. The molecule has 2 rings (SSSR count). The summed E-state index contributed by atoms with van der Waals surface area (Å²) in [4.78, 5) is 35.7. The Kier molecular flexibility index (Phi) is 11.4. The number of rotatable bonds is 12. The zero-order chi connectivity index (χ0) is 30.1. The number of carbonyl (C=O) groups excluding carboxylic acids is 2. The average molecular weight is 611 g/mol. The molecule has 0 bridgehead atoms. The van der Waals surface area contributed by atoms with Gasteiger partial charge in [-0.1, -0.05) is 23.7 Å². The number of carbonyl (C=O) groups is 2. The molecule has 17 heteroatoms. The van der Waals surface area contributed by atoms with Gasteiger partial charge >= 0.3 is 18.1 Å². The number of alkyl halides is 3. The van der Waals surface area contributed by atoms with E-state index >= 15 is 0 Å². The van der Waals surface area contributed by atoms with E-state index in [2.05, 4.69) is 19.7 Å². The van der Waals surface area contributed by atoms with Crippen LogP contribution in [0, 0.1) is 13.8 Å². The molecule has 0 unspecified atom stereocenters. The van der Waals surface area contributed by atoms with Crippen molar-refractivity contribution in [2.24, 2.45) is 16.6 Å². The third-order valence-corrected chi connectivity index (χ3v) is 6.96. The SMILES string of the molecule is Cc1cc(S(=O)(=O)N[C@@H](Cc2ccc(OCCCON=C(N)N)cc2)C(=O)OOC(=O)C(F)(F)F)c(C)cc1Cl. The van der Waals surface area contributed by atoms with Gasteiger partial charge in [0.1, 0.15) is 18.4 Å². The number of ether oxygens (including phenoxy) is 1. The van der Waals surface area contributed by atoms with Gasteiger partial charge < -0.3 is 21.0 Å². The summed E-state index contributed by atoms with van der Waals surface area (Å²) in [5.74, 6) is -4.20. The number of benzene rings is 2. The molecule has 0 amide bonds. The number of hydrogen-bond donors (Lipinski definition) is 3. The predicted molar refractivity (Wildman–Crippen MR) is 135 cm³/mol. The number of guanidine groups is 1. The first-order valence-corrected chi connectivity index (χ1v) is 13.2. The van der Waals surface area contributed by atoms with E-state index < -0.39 is 34.2 Å². The maximum Gasteiger partial charge on any atom is 0.495 e. The largest absolute Gasteiger partial charge is 0.495 e. The molecule has 0 fully saturated rings. The topological polar surface area (TPSA) is 182 Å². The number of sulfonamides is 1. The summed E-state index contributed by atoms with van der Waals surface area (Å²) in [7, 11) is -4.43. The van der Waals surface area contributed by atoms with Crippen molar-refractivity contribution in [3.63, 3.8) is 0 Å². The Morgan fingerprint density at radius 3 is 2.30 bits per heavy atom. The lowest BCUT2D eigenvalue weighted by molar-refractivity contribution is -0.286. The fourth-order valence-corrected chi connectivity index (χ4v) is 4.76. The second-order valence-corrected chi connectivity index (χ2v) is 10.3. The highest BCUT2D eigenvalue weighted by molar-refractivity contribution is 7.89. The Bertz CT molecular complexity index is 1330. The molecule has 2 aromatic carbocycles. The third kappa shape index (κ3) is 10.1. The zero-order valence-corrected chi connectivity index (χ0v) is 22.7. The van der Waals surface area contributed by atoms with E-state index in [1.807, 2.05) is 0 Å². The Morgan fingerprint density at radius 2 is 1.70 bits per heavy atom. The summed E-state index contributed by atoms with van der Waals surface area (Å²) in [6, 6.07) is 6.87. The summed E-state index contributed by atoms with van der Waals surface area (Å²) < 4.78 is 71.2. The van der Waals surface area contributed by atoms with E-state index in [1.165, 1.54) is 43.3 Å². The lowest BCUT2D eigenvalue weighted by atomic mass is 10.1. The van der Waals surface area contributed by atoms with Crippen LogP contribution in [0.25, 0.3) is 0 Å². The minimum atomic E-state index is -5.44. The number of oxime groups is 1. The molecule has 0 spiro atoms. The van der Waals surface area contributed by atoms with Gasteiger partial charge in [-0.25, -0.2) is 27.8 Å². The van der Waals surface area contributed by atoms with Gasteiger partial charge in [0.25, 0.3) is 0 Å². The Hall–Kier alpha value is -3.76. The molecular formula is C23H26ClF3N4O8S. The first kappa shape index (κ1) is 32.5. The minimum absolute atomic E-state index is 0.186. The van der Waals surface area contributed by atoms with E-state index in [1.54, 1.807) is 6.92 Å². The highest BCUT2D eigenvalue weighted by atomic mass is 35.5. The quantitative estimate of drug-likeness (QED) is 0.106. The molecule has 0 saturated heterocycles. The molecular weight excluding hydrogens is 585 g/mol. The van der Waals surface area contributed by atoms with Crippen molar-refractivity contribution < 1.29 is 50.5 Å². The van der Waals surface area contributed by atoms with Gasteiger partial charge in [0.15, 0.2) is 0 Å². The van der Waals surface area contributed by atoms with Crippen LogP contribution in [0.2, 0.25) is 5.02 Å². The van der Waals surface area contributed by atoms with Crippen molar-refractivity contribution in [3.05, 3.63) is 58.1 Å².